The average molecular weight is 229 g/mol. The molecule has 1 atom stereocenters. The van der Waals surface area contributed by atoms with Gasteiger partial charge in [-0.05, 0) is 27.7 Å². The van der Waals surface area contributed by atoms with Crippen LogP contribution in [0.15, 0.2) is 0 Å². The van der Waals surface area contributed by atoms with Crippen LogP contribution in [0.1, 0.15) is 34.6 Å². The van der Waals surface area contributed by atoms with E-state index >= 15 is 0 Å². The first-order valence-electron chi connectivity index (χ1n) is 5.11. The number of hydrogen-bond acceptors (Lipinski definition) is 4. The minimum Gasteiger partial charge on any atom is -0.459 e. The minimum atomic E-state index is -0.928. The SMILES string of the molecule is CC(=O)NCC(C(C)=O)C(=O)OC(C)(C)C. The summed E-state index contributed by atoms with van der Waals surface area (Å²) in [4.78, 5) is 33.6. The molecular formula is C11H19NO4. The standard InChI is InChI=1S/C11H19NO4/c1-7(13)9(6-12-8(2)14)10(15)16-11(3,4)5/h9H,6H2,1-5H3,(H,12,14). The van der Waals surface area contributed by atoms with Crippen molar-refractivity contribution in [2.45, 2.75) is 40.2 Å². The molecule has 1 amide bonds. The van der Waals surface area contributed by atoms with Crippen molar-refractivity contribution in [3.05, 3.63) is 0 Å². The largest absolute Gasteiger partial charge is 0.459 e. The second-order valence-electron chi connectivity index (χ2n) is 4.63. The summed E-state index contributed by atoms with van der Waals surface area (Å²) in [5.41, 5.74) is -0.638. The molecule has 0 heterocycles. The van der Waals surface area contributed by atoms with Crippen LogP contribution in [0.2, 0.25) is 0 Å². The van der Waals surface area contributed by atoms with E-state index in [9.17, 15) is 14.4 Å². The Bertz CT molecular complexity index is 291. The molecule has 0 fully saturated rings. The summed E-state index contributed by atoms with van der Waals surface area (Å²) in [6.45, 7) is 7.78. The van der Waals surface area contributed by atoms with E-state index in [0.29, 0.717) is 0 Å². The summed E-state index contributed by atoms with van der Waals surface area (Å²) < 4.78 is 5.08. The van der Waals surface area contributed by atoms with Gasteiger partial charge >= 0.3 is 5.97 Å². The zero-order valence-corrected chi connectivity index (χ0v) is 10.4. The van der Waals surface area contributed by atoms with Crippen molar-refractivity contribution < 1.29 is 19.1 Å². The van der Waals surface area contributed by atoms with Crippen molar-refractivity contribution >= 4 is 17.7 Å². The van der Waals surface area contributed by atoms with Gasteiger partial charge in [-0.25, -0.2) is 0 Å². The molecule has 1 N–H and O–H groups in total. The molecule has 0 aliphatic rings. The van der Waals surface area contributed by atoms with Crippen LogP contribution >= 0.6 is 0 Å². The highest BCUT2D eigenvalue weighted by molar-refractivity contribution is 5.98. The van der Waals surface area contributed by atoms with Crippen LogP contribution in [0.5, 0.6) is 0 Å². The lowest BCUT2D eigenvalue weighted by atomic mass is 10.1. The van der Waals surface area contributed by atoms with Gasteiger partial charge < -0.3 is 10.1 Å². The summed E-state index contributed by atoms with van der Waals surface area (Å²) in [5, 5.41) is 2.43. The number of nitrogens with one attached hydrogen (secondary N) is 1. The molecule has 0 aromatic carbocycles. The predicted octanol–water partition coefficient (Wildman–Crippen LogP) is 0.669. The van der Waals surface area contributed by atoms with Crippen LogP contribution < -0.4 is 5.32 Å². The van der Waals surface area contributed by atoms with E-state index in [-0.39, 0.29) is 18.2 Å². The van der Waals surface area contributed by atoms with Gasteiger partial charge in [-0.1, -0.05) is 0 Å². The van der Waals surface area contributed by atoms with Gasteiger partial charge in [-0.15, -0.1) is 0 Å². The Morgan fingerprint density at radius 1 is 1.19 bits per heavy atom. The Labute approximate surface area is 95.5 Å². The summed E-state index contributed by atoms with van der Waals surface area (Å²) in [5.74, 6) is -2.13. The fourth-order valence-electron chi connectivity index (χ4n) is 1.01. The third-order valence-corrected chi connectivity index (χ3v) is 1.74. The van der Waals surface area contributed by atoms with Crippen LogP contribution in [0.4, 0.5) is 0 Å². The Morgan fingerprint density at radius 2 is 1.69 bits per heavy atom. The molecule has 5 nitrogen and oxygen atoms in total. The zero-order chi connectivity index (χ0) is 12.9. The highest BCUT2D eigenvalue weighted by Crippen LogP contribution is 2.11. The molecule has 0 saturated carbocycles. The van der Waals surface area contributed by atoms with E-state index in [1.165, 1.54) is 13.8 Å². The van der Waals surface area contributed by atoms with E-state index < -0.39 is 17.5 Å². The Morgan fingerprint density at radius 3 is 2.00 bits per heavy atom. The number of ketones is 1. The molecule has 0 aliphatic heterocycles. The van der Waals surface area contributed by atoms with E-state index in [2.05, 4.69) is 5.32 Å². The molecule has 5 heteroatoms. The Hall–Kier alpha value is -1.39. The Balaban J connectivity index is 4.48. The summed E-state index contributed by atoms with van der Waals surface area (Å²) in [7, 11) is 0. The fraction of sp³-hybridized carbons (Fsp3) is 0.727. The summed E-state index contributed by atoms with van der Waals surface area (Å²) in [6, 6.07) is 0. The highest BCUT2D eigenvalue weighted by Gasteiger charge is 2.28. The number of amides is 1. The number of carbonyl (C=O) groups excluding carboxylic acids is 3. The van der Waals surface area contributed by atoms with Gasteiger partial charge in [0.15, 0.2) is 0 Å². The van der Waals surface area contributed by atoms with Gasteiger partial charge in [0.2, 0.25) is 5.91 Å². The lowest BCUT2D eigenvalue weighted by Crippen LogP contribution is -2.39. The third kappa shape index (κ3) is 6.16. The maximum atomic E-state index is 11.6. The predicted molar refractivity (Wildman–Crippen MR) is 58.7 cm³/mol. The molecule has 0 aliphatic carbocycles. The number of rotatable bonds is 4. The number of ether oxygens (including phenoxy) is 1. The zero-order valence-electron chi connectivity index (χ0n) is 10.4. The number of Topliss-reactive ketones (excluding diaryl/α,β-unsaturated/α-hetero) is 1. The summed E-state index contributed by atoms with van der Waals surface area (Å²) >= 11 is 0. The van der Waals surface area contributed by atoms with E-state index in [4.69, 9.17) is 4.74 Å². The van der Waals surface area contributed by atoms with Crippen molar-refractivity contribution in [3.63, 3.8) is 0 Å². The van der Waals surface area contributed by atoms with Gasteiger partial charge in [-0.3, -0.25) is 14.4 Å². The third-order valence-electron chi connectivity index (χ3n) is 1.74. The lowest BCUT2D eigenvalue weighted by molar-refractivity contribution is -0.161. The van der Waals surface area contributed by atoms with Gasteiger partial charge in [0, 0.05) is 13.5 Å². The molecule has 0 bridgehead atoms. The van der Waals surface area contributed by atoms with E-state index in [1.807, 2.05) is 0 Å². The van der Waals surface area contributed by atoms with Gasteiger partial charge in [-0.2, -0.15) is 0 Å². The number of carbonyl (C=O) groups is 3. The molecule has 0 aromatic heterocycles. The summed E-state index contributed by atoms with van der Waals surface area (Å²) in [6.07, 6.45) is 0. The first kappa shape index (κ1) is 14.6. The van der Waals surface area contributed by atoms with Crippen LogP contribution in [-0.2, 0) is 19.1 Å². The quantitative estimate of drug-likeness (QED) is 0.568. The second kappa shape index (κ2) is 5.63. The highest BCUT2D eigenvalue weighted by atomic mass is 16.6. The molecule has 0 rings (SSSR count). The molecule has 1 unspecified atom stereocenters. The molecule has 16 heavy (non-hydrogen) atoms. The Kier molecular flexibility index (Phi) is 5.14. The van der Waals surface area contributed by atoms with Gasteiger partial charge in [0.05, 0.1) is 0 Å². The average Bonchev–Trinajstić information content (AvgIpc) is 1.98. The van der Waals surface area contributed by atoms with Crippen LogP contribution in [-0.4, -0.2) is 29.8 Å². The van der Waals surface area contributed by atoms with Gasteiger partial charge in [0.25, 0.3) is 0 Å². The van der Waals surface area contributed by atoms with Crippen LogP contribution in [0, 0.1) is 5.92 Å². The lowest BCUT2D eigenvalue weighted by Gasteiger charge is -2.22. The van der Waals surface area contributed by atoms with Crippen LogP contribution in [0.25, 0.3) is 0 Å². The maximum absolute atomic E-state index is 11.6. The minimum absolute atomic E-state index is 0.0143. The molecular weight excluding hydrogens is 210 g/mol. The molecule has 0 radical (unpaired) electrons. The van der Waals surface area contributed by atoms with Gasteiger partial charge in [0.1, 0.15) is 17.3 Å². The maximum Gasteiger partial charge on any atom is 0.318 e. The van der Waals surface area contributed by atoms with Crippen molar-refractivity contribution in [2.24, 2.45) is 5.92 Å². The topological polar surface area (TPSA) is 72.5 Å². The van der Waals surface area contributed by atoms with Crippen molar-refractivity contribution in [1.82, 2.24) is 5.32 Å². The monoisotopic (exact) mass is 229 g/mol. The first-order valence-corrected chi connectivity index (χ1v) is 5.11. The number of hydrogen-bond donors (Lipinski definition) is 1. The van der Waals surface area contributed by atoms with Crippen LogP contribution in [0.3, 0.4) is 0 Å². The fourth-order valence-corrected chi connectivity index (χ4v) is 1.01. The molecule has 0 saturated heterocycles. The number of esters is 1. The normalized spacial score (nSPS) is 12.8. The van der Waals surface area contributed by atoms with Crippen molar-refractivity contribution in [1.29, 1.82) is 0 Å². The molecule has 92 valence electrons. The van der Waals surface area contributed by atoms with E-state index in [1.54, 1.807) is 20.8 Å². The molecule has 0 aromatic rings. The smallest absolute Gasteiger partial charge is 0.318 e. The molecule has 0 spiro atoms. The first-order chi connectivity index (χ1) is 7.13. The van der Waals surface area contributed by atoms with E-state index in [0.717, 1.165) is 0 Å². The van der Waals surface area contributed by atoms with Crippen molar-refractivity contribution in [3.8, 4) is 0 Å². The second-order valence-corrected chi connectivity index (χ2v) is 4.63. The van der Waals surface area contributed by atoms with Crippen molar-refractivity contribution in [2.75, 3.05) is 6.54 Å².